The Morgan fingerprint density at radius 1 is 1.15 bits per heavy atom. The van der Waals surface area contributed by atoms with Gasteiger partial charge in [0, 0.05) is 10.1 Å². The molecule has 1 unspecified atom stereocenters. The van der Waals surface area contributed by atoms with Gasteiger partial charge in [0.05, 0.1) is 0 Å². The number of hydrogen-bond acceptors (Lipinski definition) is 3. The summed E-state index contributed by atoms with van der Waals surface area (Å²) in [6.45, 7) is 1.43. The summed E-state index contributed by atoms with van der Waals surface area (Å²) in [4.78, 5) is 1.40. The van der Waals surface area contributed by atoms with Crippen LogP contribution >= 0.6 is 11.8 Å². The van der Waals surface area contributed by atoms with Crippen molar-refractivity contribution in [3.63, 3.8) is 0 Å². The first-order chi connectivity index (χ1) is 9.85. The zero-order valence-corrected chi connectivity index (χ0v) is 12.2. The monoisotopic (exact) mass is 285 g/mol. The molecule has 0 amide bonds. The largest absolute Gasteiger partial charge is 0.492 e. The number of ether oxygens (including phenoxy) is 1. The molecule has 0 saturated carbocycles. The van der Waals surface area contributed by atoms with Gasteiger partial charge < -0.3 is 10.5 Å². The Morgan fingerprint density at radius 3 is 2.90 bits per heavy atom. The minimum atomic E-state index is 0.519. The second kappa shape index (κ2) is 6.33. The second-order valence-electron chi connectivity index (χ2n) is 5.05. The first-order valence-electron chi connectivity index (χ1n) is 7.01. The standard InChI is InChI=1S/C17H19NOS/c18-9-8-13-4-3-6-15(10-13)19-12-16-11-14-5-1-2-7-17(14)20-16/h1-7,10,16H,8-9,11-12,18H2. The topological polar surface area (TPSA) is 35.2 Å². The highest BCUT2D eigenvalue weighted by Crippen LogP contribution is 2.36. The zero-order chi connectivity index (χ0) is 13.8. The van der Waals surface area contributed by atoms with Crippen LogP contribution in [0.1, 0.15) is 11.1 Å². The van der Waals surface area contributed by atoms with Gasteiger partial charge in [-0.05, 0) is 48.7 Å². The van der Waals surface area contributed by atoms with Gasteiger partial charge in [0.15, 0.2) is 0 Å². The van der Waals surface area contributed by atoms with Crippen LogP contribution in [0, 0.1) is 0 Å². The highest BCUT2D eigenvalue weighted by Gasteiger charge is 2.22. The summed E-state index contributed by atoms with van der Waals surface area (Å²) in [7, 11) is 0. The Balaban J connectivity index is 1.57. The molecule has 2 nitrogen and oxygen atoms in total. The van der Waals surface area contributed by atoms with Crippen LogP contribution < -0.4 is 10.5 Å². The SMILES string of the molecule is NCCc1cccc(OCC2Cc3ccccc3S2)c1. The van der Waals surface area contributed by atoms with Crippen LogP contribution in [0.15, 0.2) is 53.4 Å². The third-order valence-electron chi connectivity index (χ3n) is 3.48. The van der Waals surface area contributed by atoms with Crippen molar-refractivity contribution in [3.05, 3.63) is 59.7 Å². The van der Waals surface area contributed by atoms with Gasteiger partial charge in [-0.25, -0.2) is 0 Å². The number of nitrogens with two attached hydrogens (primary N) is 1. The van der Waals surface area contributed by atoms with Crippen molar-refractivity contribution in [3.8, 4) is 5.75 Å². The van der Waals surface area contributed by atoms with Crippen LogP contribution in [-0.4, -0.2) is 18.4 Å². The number of benzene rings is 2. The summed E-state index contributed by atoms with van der Waals surface area (Å²) in [6.07, 6.45) is 2.00. The molecule has 0 radical (unpaired) electrons. The Hall–Kier alpha value is -1.45. The maximum atomic E-state index is 5.95. The van der Waals surface area contributed by atoms with E-state index in [2.05, 4.69) is 36.4 Å². The summed E-state index contributed by atoms with van der Waals surface area (Å²) in [5.41, 5.74) is 8.28. The van der Waals surface area contributed by atoms with Crippen molar-refractivity contribution in [1.29, 1.82) is 0 Å². The molecule has 0 bridgehead atoms. The van der Waals surface area contributed by atoms with Crippen molar-refractivity contribution < 1.29 is 4.74 Å². The van der Waals surface area contributed by atoms with Crippen LogP contribution in [0.25, 0.3) is 0 Å². The summed E-state index contributed by atoms with van der Waals surface area (Å²) >= 11 is 1.92. The van der Waals surface area contributed by atoms with E-state index in [0.717, 1.165) is 25.2 Å². The van der Waals surface area contributed by atoms with Crippen molar-refractivity contribution in [2.75, 3.05) is 13.2 Å². The fraction of sp³-hybridized carbons (Fsp3) is 0.294. The molecule has 104 valence electrons. The summed E-state index contributed by atoms with van der Waals surface area (Å²) in [6, 6.07) is 16.9. The van der Waals surface area contributed by atoms with Gasteiger partial charge in [-0.1, -0.05) is 30.3 Å². The van der Waals surface area contributed by atoms with E-state index in [4.69, 9.17) is 10.5 Å². The van der Waals surface area contributed by atoms with Crippen LogP contribution in [-0.2, 0) is 12.8 Å². The van der Waals surface area contributed by atoms with Crippen molar-refractivity contribution in [2.45, 2.75) is 23.0 Å². The van der Waals surface area contributed by atoms with E-state index in [9.17, 15) is 0 Å². The third kappa shape index (κ3) is 3.17. The molecule has 2 N–H and O–H groups in total. The lowest BCUT2D eigenvalue weighted by Gasteiger charge is -2.11. The molecule has 1 aliphatic rings. The van der Waals surface area contributed by atoms with Gasteiger partial charge in [0.1, 0.15) is 12.4 Å². The molecule has 2 aromatic rings. The van der Waals surface area contributed by atoms with Gasteiger partial charge >= 0.3 is 0 Å². The van der Waals surface area contributed by atoms with E-state index >= 15 is 0 Å². The number of rotatable bonds is 5. The molecule has 3 heteroatoms. The molecule has 0 aromatic heterocycles. The van der Waals surface area contributed by atoms with Crippen molar-refractivity contribution in [2.24, 2.45) is 5.73 Å². The predicted molar refractivity (Wildman–Crippen MR) is 84.5 cm³/mol. The minimum absolute atomic E-state index is 0.519. The average molecular weight is 285 g/mol. The van der Waals surface area contributed by atoms with Gasteiger partial charge in [-0.3, -0.25) is 0 Å². The van der Waals surface area contributed by atoms with E-state index in [1.165, 1.54) is 16.0 Å². The smallest absolute Gasteiger partial charge is 0.119 e. The highest BCUT2D eigenvalue weighted by atomic mass is 32.2. The van der Waals surface area contributed by atoms with E-state index in [1.54, 1.807) is 0 Å². The Labute approximate surface area is 124 Å². The number of hydrogen-bond donors (Lipinski definition) is 1. The Kier molecular flexibility index (Phi) is 4.28. The molecular formula is C17H19NOS. The van der Waals surface area contributed by atoms with Gasteiger partial charge in [0.2, 0.25) is 0 Å². The predicted octanol–water partition coefficient (Wildman–Crippen LogP) is 3.28. The third-order valence-corrected chi connectivity index (χ3v) is 4.77. The molecule has 0 spiro atoms. The highest BCUT2D eigenvalue weighted by molar-refractivity contribution is 8.00. The van der Waals surface area contributed by atoms with Crippen LogP contribution in [0.2, 0.25) is 0 Å². The van der Waals surface area contributed by atoms with Gasteiger partial charge in [-0.2, -0.15) is 0 Å². The van der Waals surface area contributed by atoms with Crippen molar-refractivity contribution >= 4 is 11.8 Å². The molecule has 2 aromatic carbocycles. The normalized spacial score (nSPS) is 16.9. The van der Waals surface area contributed by atoms with E-state index in [0.29, 0.717) is 11.8 Å². The van der Waals surface area contributed by atoms with Crippen LogP contribution in [0.5, 0.6) is 5.75 Å². The molecular weight excluding hydrogens is 266 g/mol. The summed E-state index contributed by atoms with van der Waals surface area (Å²) in [5, 5.41) is 0.519. The first-order valence-corrected chi connectivity index (χ1v) is 7.89. The van der Waals surface area contributed by atoms with Crippen LogP contribution in [0.4, 0.5) is 0 Å². The average Bonchev–Trinajstić information content (AvgIpc) is 2.89. The molecule has 3 rings (SSSR count). The van der Waals surface area contributed by atoms with E-state index in [-0.39, 0.29) is 0 Å². The van der Waals surface area contributed by atoms with E-state index < -0.39 is 0 Å². The zero-order valence-electron chi connectivity index (χ0n) is 11.4. The Bertz CT molecular complexity index is 560. The van der Waals surface area contributed by atoms with Crippen LogP contribution in [0.3, 0.4) is 0 Å². The fourth-order valence-electron chi connectivity index (χ4n) is 2.49. The molecule has 0 fully saturated rings. The Morgan fingerprint density at radius 2 is 2.05 bits per heavy atom. The lowest BCUT2D eigenvalue weighted by atomic mass is 10.1. The molecule has 1 heterocycles. The molecule has 1 atom stereocenters. The minimum Gasteiger partial charge on any atom is -0.492 e. The van der Waals surface area contributed by atoms with Gasteiger partial charge in [-0.15, -0.1) is 11.8 Å². The summed E-state index contributed by atoms with van der Waals surface area (Å²) < 4.78 is 5.95. The van der Waals surface area contributed by atoms with Gasteiger partial charge in [0.25, 0.3) is 0 Å². The van der Waals surface area contributed by atoms with E-state index in [1.807, 2.05) is 23.9 Å². The molecule has 20 heavy (non-hydrogen) atoms. The summed E-state index contributed by atoms with van der Waals surface area (Å²) in [5.74, 6) is 0.951. The molecule has 0 aliphatic carbocycles. The first kappa shape index (κ1) is 13.5. The number of thioether (sulfide) groups is 1. The maximum Gasteiger partial charge on any atom is 0.119 e. The lowest BCUT2D eigenvalue weighted by molar-refractivity contribution is 0.317. The quantitative estimate of drug-likeness (QED) is 0.915. The fourth-order valence-corrected chi connectivity index (χ4v) is 3.71. The molecule has 1 aliphatic heterocycles. The van der Waals surface area contributed by atoms with Crippen molar-refractivity contribution in [1.82, 2.24) is 0 Å². The molecule has 0 saturated heterocycles. The lowest BCUT2D eigenvalue weighted by Crippen LogP contribution is -2.13. The second-order valence-corrected chi connectivity index (χ2v) is 6.39. The maximum absolute atomic E-state index is 5.95. The number of fused-ring (bicyclic) bond motifs is 1.